The summed E-state index contributed by atoms with van der Waals surface area (Å²) in [6, 6.07) is 9.54. The Morgan fingerprint density at radius 1 is 1.00 bits per heavy atom. The molecule has 2 heterocycles. The van der Waals surface area contributed by atoms with E-state index in [1.807, 2.05) is 6.92 Å². The third-order valence-electron chi connectivity index (χ3n) is 10.0. The number of rotatable bonds is 8. The van der Waals surface area contributed by atoms with E-state index in [0.717, 1.165) is 50.1 Å². The van der Waals surface area contributed by atoms with Crippen LogP contribution < -0.4 is 19.7 Å². The predicted octanol–water partition coefficient (Wildman–Crippen LogP) is 7.18. The largest absolute Gasteiger partial charge is 0.466 e. The highest BCUT2D eigenvalue weighted by Crippen LogP contribution is 2.47. The summed E-state index contributed by atoms with van der Waals surface area (Å²) in [5.74, 6) is 4.02. The molecule has 0 spiro atoms. The van der Waals surface area contributed by atoms with Crippen molar-refractivity contribution in [3.8, 4) is 11.5 Å². The number of aryl methyl sites for hydroxylation is 2. The predicted molar refractivity (Wildman–Crippen MR) is 176 cm³/mol. The highest BCUT2D eigenvalue weighted by Gasteiger charge is 2.35. The molecule has 3 aliphatic rings. The summed E-state index contributed by atoms with van der Waals surface area (Å²) in [5.41, 5.74) is 7.22. The molecule has 5 nitrogen and oxygen atoms in total. The van der Waals surface area contributed by atoms with E-state index in [1.54, 1.807) is 0 Å². The van der Waals surface area contributed by atoms with Gasteiger partial charge >= 0.3 is 5.97 Å². The smallest absolute Gasteiger partial charge is 0.305 e. The molecule has 2 aliphatic carbocycles. The molecule has 2 unspecified atom stereocenters. The minimum absolute atomic E-state index is 0.0920. The molecule has 0 amide bonds. The Bertz CT molecular complexity index is 1720. The summed E-state index contributed by atoms with van der Waals surface area (Å²) in [6.07, 6.45) is 13.6. The van der Waals surface area contributed by atoms with E-state index in [2.05, 4.69) is 100 Å². The Hall–Kier alpha value is -3.34. The lowest BCUT2D eigenvalue weighted by Gasteiger charge is -2.36. The molecule has 234 valence electrons. The van der Waals surface area contributed by atoms with Crippen molar-refractivity contribution < 1.29 is 18.8 Å². The second-order valence-corrected chi connectivity index (χ2v) is 15.2. The molecule has 0 saturated heterocycles. The van der Waals surface area contributed by atoms with E-state index in [-0.39, 0.29) is 16.8 Å². The molecule has 0 radical (unpaired) electrons. The van der Waals surface area contributed by atoms with Gasteiger partial charge in [0.25, 0.3) is 5.82 Å². The Balaban J connectivity index is 1.49. The molecular formula is C39H51N2O3+. The van der Waals surface area contributed by atoms with Crippen molar-refractivity contribution in [2.45, 2.75) is 112 Å². The third-order valence-corrected chi connectivity index (χ3v) is 10.0. The fourth-order valence-electron chi connectivity index (χ4n) is 8.37. The van der Waals surface area contributed by atoms with Gasteiger partial charge in [-0.2, -0.15) is 0 Å². The number of unbranched alkanes of at least 4 members (excludes halogenated alkanes) is 2. The van der Waals surface area contributed by atoms with Crippen molar-refractivity contribution in [1.82, 2.24) is 4.57 Å². The normalized spacial score (nSPS) is 20.9. The maximum absolute atomic E-state index is 11.8. The van der Waals surface area contributed by atoms with E-state index in [4.69, 9.17) is 9.47 Å². The van der Waals surface area contributed by atoms with Crippen LogP contribution in [0.5, 0.6) is 11.5 Å². The second-order valence-electron chi connectivity index (χ2n) is 15.2. The first-order chi connectivity index (χ1) is 20.9. The van der Waals surface area contributed by atoms with Gasteiger partial charge in [0.1, 0.15) is 23.9 Å². The number of carbonyl (C=O) groups is 1. The van der Waals surface area contributed by atoms with Gasteiger partial charge in [0.2, 0.25) is 0 Å². The van der Waals surface area contributed by atoms with Gasteiger partial charge < -0.3 is 9.47 Å². The molecule has 3 aromatic rings. The molecule has 6 rings (SSSR count). The van der Waals surface area contributed by atoms with Gasteiger partial charge in [-0.05, 0) is 114 Å². The number of imidazole rings is 1. The summed E-state index contributed by atoms with van der Waals surface area (Å²) >= 11 is 0. The standard InChI is InChI=1S/C39H51N2O3/c1-9-43-35(42)13-11-10-12-14-41-16-15-40(8)37(41)36-31-19-29-25(2)21-38(4,5)23-27(29)17-33(31)44-34-18-28-24-39(6,7)22-26(3)30(28)20-32(34)36/h15-20,23,25-26H,9-14,21-22,24H2,1-8H3/q+1. The summed E-state index contributed by atoms with van der Waals surface area (Å²) in [7, 11) is 2.16. The maximum Gasteiger partial charge on any atom is 0.305 e. The number of carbonyl (C=O) groups excluding carboxylic acids is 1. The van der Waals surface area contributed by atoms with Crippen LogP contribution in [0.3, 0.4) is 0 Å². The van der Waals surface area contributed by atoms with Crippen LogP contribution in [0.4, 0.5) is 0 Å². The summed E-state index contributed by atoms with van der Waals surface area (Å²) in [6.45, 7) is 17.4. The number of aromatic nitrogens is 2. The lowest BCUT2D eigenvalue weighted by atomic mass is 9.69. The molecular weight excluding hydrogens is 544 g/mol. The Morgan fingerprint density at radius 2 is 1.77 bits per heavy atom. The monoisotopic (exact) mass is 595 g/mol. The SMILES string of the molecule is CCOC(=O)CCCCCn1cc[n+](C)c1C1=c2cc3c(cc2Oc2cc4c(cc21)C(C)CC(C)(C)C4)=CC(C)(C)CC3C. The Kier molecular flexibility index (Phi) is 8.05. The number of hydrogen-bond donors (Lipinski definition) is 0. The molecule has 0 fully saturated rings. The van der Waals surface area contributed by atoms with Crippen LogP contribution in [0, 0.1) is 10.8 Å². The average molecular weight is 596 g/mol. The van der Waals surface area contributed by atoms with Gasteiger partial charge in [0.05, 0.1) is 25.8 Å². The van der Waals surface area contributed by atoms with Gasteiger partial charge in [0, 0.05) is 17.2 Å². The van der Waals surface area contributed by atoms with E-state index in [1.165, 1.54) is 50.5 Å². The van der Waals surface area contributed by atoms with Crippen LogP contribution in [0.1, 0.15) is 127 Å². The van der Waals surface area contributed by atoms with Gasteiger partial charge in [-0.25, -0.2) is 9.13 Å². The fraction of sp³-hybridized carbons (Fsp3) is 0.538. The topological polar surface area (TPSA) is 44.3 Å². The molecule has 0 bridgehead atoms. The van der Waals surface area contributed by atoms with Gasteiger partial charge in [-0.1, -0.05) is 47.6 Å². The molecule has 5 heteroatoms. The van der Waals surface area contributed by atoms with Crippen molar-refractivity contribution >= 4 is 17.6 Å². The zero-order valence-corrected chi connectivity index (χ0v) is 28.2. The fourth-order valence-corrected chi connectivity index (χ4v) is 8.37. The van der Waals surface area contributed by atoms with Gasteiger partial charge in [-0.3, -0.25) is 4.79 Å². The van der Waals surface area contributed by atoms with Crippen LogP contribution in [-0.4, -0.2) is 17.1 Å². The molecule has 1 aromatic heterocycles. The molecule has 0 saturated carbocycles. The number of hydrogen-bond acceptors (Lipinski definition) is 3. The molecule has 0 N–H and O–H groups in total. The minimum atomic E-state index is -0.0920. The van der Waals surface area contributed by atoms with Crippen LogP contribution in [0.15, 0.2) is 36.7 Å². The average Bonchev–Trinajstić information content (AvgIpc) is 3.28. The summed E-state index contributed by atoms with van der Waals surface area (Å²) in [4.78, 5) is 11.8. The van der Waals surface area contributed by atoms with E-state index in [9.17, 15) is 4.79 Å². The van der Waals surface area contributed by atoms with Crippen molar-refractivity contribution in [3.05, 3.63) is 75.2 Å². The van der Waals surface area contributed by atoms with Gasteiger partial charge in [0.15, 0.2) is 0 Å². The first-order valence-electron chi connectivity index (χ1n) is 16.8. The van der Waals surface area contributed by atoms with Crippen molar-refractivity contribution in [2.75, 3.05) is 6.61 Å². The van der Waals surface area contributed by atoms with Crippen LogP contribution in [-0.2, 0) is 29.5 Å². The van der Waals surface area contributed by atoms with Crippen molar-refractivity contribution in [2.24, 2.45) is 17.9 Å². The Labute approximate surface area is 263 Å². The molecule has 44 heavy (non-hydrogen) atoms. The first-order valence-corrected chi connectivity index (χ1v) is 16.8. The summed E-state index contributed by atoms with van der Waals surface area (Å²) in [5, 5.41) is 2.50. The Morgan fingerprint density at radius 3 is 2.55 bits per heavy atom. The van der Waals surface area contributed by atoms with Crippen LogP contribution >= 0.6 is 0 Å². The molecule has 2 atom stereocenters. The maximum atomic E-state index is 11.8. The minimum Gasteiger partial charge on any atom is -0.466 e. The highest BCUT2D eigenvalue weighted by atomic mass is 16.5. The number of nitrogens with zero attached hydrogens (tertiary/aromatic N) is 2. The summed E-state index contributed by atoms with van der Waals surface area (Å²) < 4.78 is 16.7. The second kappa shape index (κ2) is 11.5. The molecule has 2 aromatic carbocycles. The number of fused-ring (bicyclic) bond motifs is 4. The van der Waals surface area contributed by atoms with Crippen LogP contribution in [0.25, 0.3) is 11.6 Å². The zero-order chi connectivity index (χ0) is 31.4. The van der Waals surface area contributed by atoms with E-state index >= 15 is 0 Å². The molecule has 1 aliphatic heterocycles. The van der Waals surface area contributed by atoms with Crippen molar-refractivity contribution in [1.29, 1.82) is 0 Å². The highest BCUT2D eigenvalue weighted by molar-refractivity contribution is 5.83. The zero-order valence-electron chi connectivity index (χ0n) is 28.2. The van der Waals surface area contributed by atoms with Crippen molar-refractivity contribution in [3.63, 3.8) is 0 Å². The first kappa shape index (κ1) is 30.7. The van der Waals surface area contributed by atoms with E-state index in [0.29, 0.717) is 24.9 Å². The number of benzene rings is 2. The number of ether oxygens (including phenoxy) is 2. The lowest BCUT2D eigenvalue weighted by molar-refractivity contribution is -0.673. The lowest BCUT2D eigenvalue weighted by Crippen LogP contribution is -2.36. The van der Waals surface area contributed by atoms with Crippen LogP contribution in [0.2, 0.25) is 0 Å². The quantitative estimate of drug-likeness (QED) is 0.123. The third kappa shape index (κ3) is 5.87. The number of esters is 1. The van der Waals surface area contributed by atoms with Gasteiger partial charge in [-0.15, -0.1) is 0 Å². The van der Waals surface area contributed by atoms with E-state index < -0.39 is 0 Å².